The maximum absolute atomic E-state index is 13.2. The van der Waals surface area contributed by atoms with Gasteiger partial charge < -0.3 is 9.47 Å². The summed E-state index contributed by atoms with van der Waals surface area (Å²) in [6.45, 7) is 0.187. The van der Waals surface area contributed by atoms with Gasteiger partial charge in [-0.2, -0.15) is 5.26 Å². The van der Waals surface area contributed by atoms with Crippen molar-refractivity contribution >= 4 is 16.9 Å². The van der Waals surface area contributed by atoms with Crippen LogP contribution in [-0.2, 0) is 17.8 Å². The van der Waals surface area contributed by atoms with Gasteiger partial charge in [0.15, 0.2) is 17.1 Å². The van der Waals surface area contributed by atoms with Gasteiger partial charge in [-0.15, -0.1) is 0 Å². The third-order valence-corrected chi connectivity index (χ3v) is 4.89. The highest BCUT2D eigenvalue weighted by molar-refractivity contribution is 5.99. The van der Waals surface area contributed by atoms with E-state index in [9.17, 15) is 14.4 Å². The summed E-state index contributed by atoms with van der Waals surface area (Å²) in [5, 5.41) is 10.1. The van der Waals surface area contributed by atoms with Gasteiger partial charge in [0, 0.05) is 11.6 Å². The van der Waals surface area contributed by atoms with Gasteiger partial charge in [0.2, 0.25) is 0 Å². The highest BCUT2D eigenvalue weighted by atomic mass is 19.1. The first kappa shape index (κ1) is 20.9. The second-order valence-corrected chi connectivity index (χ2v) is 7.06. The van der Waals surface area contributed by atoms with Gasteiger partial charge in [-0.05, 0) is 41.3 Å². The second-order valence-electron chi connectivity index (χ2n) is 7.06. The van der Waals surface area contributed by atoms with Crippen LogP contribution in [0, 0.1) is 17.1 Å². The van der Waals surface area contributed by atoms with E-state index < -0.39 is 5.97 Å². The predicted octanol–water partition coefficient (Wildman–Crippen LogP) is 4.60. The molecule has 0 bridgehead atoms. The van der Waals surface area contributed by atoms with Crippen LogP contribution in [0.5, 0.6) is 5.75 Å². The van der Waals surface area contributed by atoms with E-state index in [-0.39, 0.29) is 29.6 Å². The Labute approximate surface area is 183 Å². The van der Waals surface area contributed by atoms with Crippen molar-refractivity contribution in [2.24, 2.45) is 0 Å². The van der Waals surface area contributed by atoms with Crippen molar-refractivity contribution in [3.05, 3.63) is 101 Å². The quantitative estimate of drug-likeness (QED) is 0.418. The molecule has 4 aromatic rings. The van der Waals surface area contributed by atoms with Crippen molar-refractivity contribution in [3.63, 3.8) is 0 Å². The number of pyridine rings is 2. The third-order valence-electron chi connectivity index (χ3n) is 4.89. The molecule has 0 saturated heterocycles. The topological polar surface area (TPSA) is 85.1 Å². The predicted molar refractivity (Wildman–Crippen MR) is 116 cm³/mol. The van der Waals surface area contributed by atoms with Crippen molar-refractivity contribution in [3.8, 4) is 11.8 Å². The van der Waals surface area contributed by atoms with E-state index in [1.54, 1.807) is 24.4 Å². The number of fused-ring (bicyclic) bond motifs is 1. The molecule has 0 radical (unpaired) electrons. The molecule has 2 aromatic heterocycles. The maximum Gasteiger partial charge on any atom is 0.360 e. The number of rotatable bonds is 6. The highest BCUT2D eigenvalue weighted by Crippen LogP contribution is 2.31. The molecule has 0 atom stereocenters. The number of carbonyl (C=O) groups excluding carboxylic acids is 1. The lowest BCUT2D eigenvalue weighted by molar-refractivity contribution is 0.0588. The number of carbonyl (C=O) groups is 1. The molecule has 0 aliphatic rings. The number of aromatic nitrogens is 2. The molecule has 2 aromatic carbocycles. The number of ether oxygens (including phenoxy) is 2. The zero-order valence-corrected chi connectivity index (χ0v) is 17.2. The Balaban J connectivity index is 1.78. The fourth-order valence-electron chi connectivity index (χ4n) is 3.33. The summed E-state index contributed by atoms with van der Waals surface area (Å²) in [6.07, 6.45) is 2.14. The lowest BCUT2D eigenvalue weighted by Crippen LogP contribution is -2.11. The fourth-order valence-corrected chi connectivity index (χ4v) is 3.33. The molecule has 2 heterocycles. The van der Waals surface area contributed by atoms with E-state index in [0.717, 1.165) is 16.7 Å². The molecule has 0 fully saturated rings. The lowest BCUT2D eigenvalue weighted by Gasteiger charge is -2.14. The number of methoxy groups -OCH3 is 1. The molecule has 6 nitrogen and oxygen atoms in total. The van der Waals surface area contributed by atoms with Crippen molar-refractivity contribution in [2.45, 2.75) is 13.0 Å². The molecule has 4 rings (SSSR count). The van der Waals surface area contributed by atoms with E-state index >= 15 is 0 Å². The minimum absolute atomic E-state index is 0.0425. The van der Waals surface area contributed by atoms with Gasteiger partial charge in [0.05, 0.1) is 7.11 Å². The molecule has 0 spiro atoms. The standard InChI is InChI=1S/C25H18FN3O3/c1-31-25(30)23-24(32-15-17-5-3-2-4-6-17)22-20(21(13-27)29-23)12-18(14-28-22)11-16-7-9-19(26)10-8-16/h2-10,12,14H,11,15H2,1H3. The first-order valence-corrected chi connectivity index (χ1v) is 9.81. The zero-order chi connectivity index (χ0) is 22.5. The molecule has 7 heteroatoms. The molecular formula is C25H18FN3O3. The summed E-state index contributed by atoms with van der Waals surface area (Å²) >= 11 is 0. The van der Waals surface area contributed by atoms with Crippen molar-refractivity contribution < 1.29 is 18.7 Å². The van der Waals surface area contributed by atoms with Gasteiger partial charge in [0.25, 0.3) is 0 Å². The molecule has 0 amide bonds. The fraction of sp³-hybridized carbons (Fsp3) is 0.120. The van der Waals surface area contributed by atoms with Gasteiger partial charge in [0.1, 0.15) is 24.0 Å². The van der Waals surface area contributed by atoms with E-state index in [2.05, 4.69) is 9.97 Å². The van der Waals surface area contributed by atoms with E-state index in [0.29, 0.717) is 17.3 Å². The number of nitriles is 1. The van der Waals surface area contributed by atoms with Crippen LogP contribution < -0.4 is 4.74 Å². The highest BCUT2D eigenvalue weighted by Gasteiger charge is 2.23. The van der Waals surface area contributed by atoms with Crippen LogP contribution >= 0.6 is 0 Å². The summed E-state index contributed by atoms with van der Waals surface area (Å²) in [5.41, 5.74) is 2.88. The molecule has 32 heavy (non-hydrogen) atoms. The summed E-state index contributed by atoms with van der Waals surface area (Å²) in [4.78, 5) is 21.1. The van der Waals surface area contributed by atoms with E-state index in [1.807, 2.05) is 36.4 Å². The van der Waals surface area contributed by atoms with Crippen LogP contribution in [0.3, 0.4) is 0 Å². The SMILES string of the molecule is COC(=O)c1nc(C#N)c2cc(Cc3ccc(F)cc3)cnc2c1OCc1ccccc1. The first-order chi connectivity index (χ1) is 15.6. The molecule has 0 aliphatic heterocycles. The number of halogens is 1. The largest absolute Gasteiger partial charge is 0.484 e. The van der Waals surface area contributed by atoms with Crippen LogP contribution in [0.15, 0.2) is 66.9 Å². The smallest absolute Gasteiger partial charge is 0.360 e. The van der Waals surface area contributed by atoms with Gasteiger partial charge in [-0.3, -0.25) is 4.98 Å². The summed E-state index contributed by atoms with van der Waals surface area (Å²) in [7, 11) is 1.24. The summed E-state index contributed by atoms with van der Waals surface area (Å²) in [6, 6.07) is 19.4. The van der Waals surface area contributed by atoms with Crippen LogP contribution in [0.1, 0.15) is 32.9 Å². The van der Waals surface area contributed by atoms with Crippen LogP contribution in [0.2, 0.25) is 0 Å². The average Bonchev–Trinajstić information content (AvgIpc) is 2.83. The Morgan fingerprint density at radius 2 is 1.81 bits per heavy atom. The summed E-state index contributed by atoms with van der Waals surface area (Å²) in [5.74, 6) is -0.872. The molecule has 158 valence electrons. The first-order valence-electron chi connectivity index (χ1n) is 9.81. The monoisotopic (exact) mass is 427 g/mol. The number of benzene rings is 2. The van der Waals surface area contributed by atoms with Crippen LogP contribution in [0.25, 0.3) is 10.9 Å². The number of hydrogen-bond donors (Lipinski definition) is 0. The minimum Gasteiger partial charge on any atom is -0.484 e. The van der Waals surface area contributed by atoms with Crippen molar-refractivity contribution in [1.82, 2.24) is 9.97 Å². The lowest BCUT2D eigenvalue weighted by atomic mass is 10.0. The number of esters is 1. The Morgan fingerprint density at radius 3 is 2.50 bits per heavy atom. The zero-order valence-electron chi connectivity index (χ0n) is 17.2. The Kier molecular flexibility index (Phi) is 6.04. The van der Waals surface area contributed by atoms with Gasteiger partial charge >= 0.3 is 5.97 Å². The van der Waals surface area contributed by atoms with Gasteiger partial charge in [-0.25, -0.2) is 14.2 Å². The number of nitrogens with zero attached hydrogens (tertiary/aromatic N) is 3. The van der Waals surface area contributed by atoms with E-state index in [4.69, 9.17) is 9.47 Å². The minimum atomic E-state index is -0.719. The normalized spacial score (nSPS) is 10.5. The third kappa shape index (κ3) is 4.40. The summed E-state index contributed by atoms with van der Waals surface area (Å²) < 4.78 is 24.0. The molecule has 0 unspecified atom stereocenters. The van der Waals surface area contributed by atoms with Crippen molar-refractivity contribution in [1.29, 1.82) is 5.26 Å². The Bertz CT molecular complexity index is 1320. The maximum atomic E-state index is 13.2. The molecule has 0 saturated carbocycles. The van der Waals surface area contributed by atoms with Crippen molar-refractivity contribution in [2.75, 3.05) is 7.11 Å². The van der Waals surface area contributed by atoms with Gasteiger partial charge in [-0.1, -0.05) is 42.5 Å². The van der Waals surface area contributed by atoms with E-state index in [1.165, 1.54) is 19.2 Å². The van der Waals surface area contributed by atoms with Crippen LogP contribution in [0.4, 0.5) is 4.39 Å². The molecular weight excluding hydrogens is 409 g/mol. The molecule has 0 aliphatic carbocycles. The van der Waals surface area contributed by atoms with Crippen LogP contribution in [-0.4, -0.2) is 23.0 Å². The average molecular weight is 427 g/mol. The number of hydrogen-bond acceptors (Lipinski definition) is 6. The Hall–Kier alpha value is -4.31. The molecule has 0 N–H and O–H groups in total. The second kappa shape index (κ2) is 9.23. The Morgan fingerprint density at radius 1 is 1.06 bits per heavy atom.